The minimum absolute atomic E-state index is 0. The molecule has 8 heavy (non-hydrogen) atoms. The predicted octanol–water partition coefficient (Wildman–Crippen LogP) is -5.74. The Labute approximate surface area is 66.0 Å². The first kappa shape index (κ1) is 23.5. The molecule has 0 amide bonds. The van der Waals surface area contributed by atoms with Gasteiger partial charge < -0.3 is 28.2 Å². The maximum absolute atomic E-state index is 8.58. The van der Waals surface area contributed by atoms with E-state index in [9.17, 15) is 0 Å². The van der Waals surface area contributed by atoms with E-state index in [4.69, 9.17) is 19.2 Å². The van der Waals surface area contributed by atoms with E-state index in [1.807, 2.05) is 0 Å². The first-order chi connectivity index (χ1) is 2.00. The monoisotopic (exact) mass is 302 g/mol. The predicted molar refractivity (Wildman–Crippen MR) is 8.57 cm³/mol. The molecule has 0 atom stereocenters. The summed E-state index contributed by atoms with van der Waals surface area (Å²) in [7, 11) is -5.61. The minimum Gasteiger partial charge on any atom is -0.894 e. The Hall–Kier alpha value is 0.597. The summed E-state index contributed by atoms with van der Waals surface area (Å²) < 4.78 is 0. The van der Waals surface area contributed by atoms with Gasteiger partial charge >= 0.3 is 37.5 Å². The van der Waals surface area contributed by atoms with Crippen LogP contribution in [0.5, 0.6) is 0 Å². The van der Waals surface area contributed by atoms with Gasteiger partial charge in [-0.2, -0.15) is 0 Å². The van der Waals surface area contributed by atoms with E-state index in [0.29, 0.717) is 0 Å². The third-order valence-electron chi connectivity index (χ3n) is 0. The molecule has 0 fully saturated rings. The molecule has 0 bridgehead atoms. The van der Waals surface area contributed by atoms with Gasteiger partial charge in [-0.3, -0.25) is 0 Å². The smallest absolute Gasteiger partial charge is 0.894 e. The average Bonchev–Trinajstić information content (AvgIpc) is 0.722. The Balaban J connectivity index is -0.0000000267. The summed E-state index contributed by atoms with van der Waals surface area (Å²) >= 11 is 0. The molecule has 8 heteroatoms. The number of hydrogen-bond acceptors (Lipinski definition) is 4. The van der Waals surface area contributed by atoms with Crippen molar-refractivity contribution in [1.29, 1.82) is 0 Å². The van der Waals surface area contributed by atoms with Crippen molar-refractivity contribution in [3.8, 4) is 0 Å². The summed E-state index contributed by atoms with van der Waals surface area (Å²) in [4.78, 5) is 34.3. The van der Waals surface area contributed by atoms with Crippen LogP contribution in [0.15, 0.2) is 0 Å². The summed E-state index contributed by atoms with van der Waals surface area (Å²) in [6.45, 7) is 0. The molecule has 0 spiro atoms. The fraction of sp³-hybridized carbons (Fsp3) is 0. The van der Waals surface area contributed by atoms with Crippen molar-refractivity contribution in [3.05, 3.63) is 0 Å². The van der Waals surface area contributed by atoms with E-state index in [1.165, 1.54) is 0 Å². The fourth-order valence-corrected chi connectivity index (χ4v) is 0. The van der Waals surface area contributed by atoms with Crippen LogP contribution in [0, 0.1) is 0 Å². The molecule has 38 valence electrons. The van der Waals surface area contributed by atoms with Crippen LogP contribution in [0.3, 0.4) is 0 Å². The Morgan fingerprint density at radius 3 is 0.875 bits per heavy atom. The molecule has 0 unspecified atom stereocenters. The van der Waals surface area contributed by atoms with Crippen LogP contribution in [0.25, 0.3) is 0 Å². The molecule has 0 aromatic carbocycles. The maximum Gasteiger partial charge on any atom is 4.00 e. The van der Waals surface area contributed by atoms with Crippen molar-refractivity contribution < 1.29 is 50.5 Å². The fourth-order valence-electron chi connectivity index (χ4n) is 0. The van der Waals surface area contributed by atoms with Crippen molar-refractivity contribution in [3.63, 3.8) is 0 Å². The molecule has 0 aliphatic rings. The standard InChI is InChI=1S/Hf.N.O4Si.O/c;;1-5(2,3)4;/q+4;+3;-4;+2. The van der Waals surface area contributed by atoms with Crippen molar-refractivity contribution in [2.24, 2.45) is 0 Å². The molecule has 0 rings (SSSR count). The molecule has 0 aliphatic carbocycles. The van der Waals surface area contributed by atoms with Crippen molar-refractivity contribution in [1.82, 2.24) is 6.15 Å². The van der Waals surface area contributed by atoms with Crippen LogP contribution in [-0.4, -0.2) is 9.05 Å². The summed E-state index contributed by atoms with van der Waals surface area (Å²) in [5, 5.41) is 0. The van der Waals surface area contributed by atoms with Gasteiger partial charge in [-0.05, 0) is 0 Å². The summed E-state index contributed by atoms with van der Waals surface area (Å²) in [6.07, 6.45) is 0. The SMILES string of the molecule is [Hf+4].[N+3].[O+2].[O-][Si]([O-])([O-])[O-]. The van der Waals surface area contributed by atoms with Gasteiger partial charge in [0.05, 0.1) is 0 Å². The maximum atomic E-state index is 8.58. The molecular formula is HfNO5Si+5. The Kier molecular flexibility index (Phi) is 22.3. The van der Waals surface area contributed by atoms with Crippen LogP contribution >= 0.6 is 0 Å². The third kappa shape index (κ3) is 580. The van der Waals surface area contributed by atoms with Crippen molar-refractivity contribution in [2.45, 2.75) is 0 Å². The first-order valence-corrected chi connectivity index (χ1v) is 2.45. The van der Waals surface area contributed by atoms with E-state index in [1.54, 1.807) is 0 Å². The normalized spacial score (nSPS) is 7.50. The summed E-state index contributed by atoms with van der Waals surface area (Å²) in [6, 6.07) is 0. The van der Waals surface area contributed by atoms with Gasteiger partial charge in [0.2, 0.25) is 0 Å². The van der Waals surface area contributed by atoms with E-state index < -0.39 is 9.05 Å². The van der Waals surface area contributed by atoms with Crippen LogP contribution in [0.2, 0.25) is 0 Å². The van der Waals surface area contributed by atoms with E-state index in [-0.39, 0.29) is 37.5 Å². The minimum atomic E-state index is -5.61. The molecule has 0 saturated carbocycles. The Morgan fingerprint density at radius 2 is 0.875 bits per heavy atom. The van der Waals surface area contributed by atoms with Gasteiger partial charge in [-0.1, -0.05) is 0 Å². The van der Waals surface area contributed by atoms with Gasteiger partial charge in [-0.15, -0.1) is 0 Å². The second kappa shape index (κ2) is 7.60. The van der Waals surface area contributed by atoms with Gasteiger partial charge in [0.15, 0.2) is 0 Å². The van der Waals surface area contributed by atoms with Gasteiger partial charge in [0.25, 0.3) is 0 Å². The molecule has 0 N–H and O–H groups in total. The Bertz CT molecular complexity index is 27.9. The number of nitrogens with zero attached hydrogens (tertiary/aromatic N) is 1. The third-order valence-corrected chi connectivity index (χ3v) is 0. The van der Waals surface area contributed by atoms with Crippen LogP contribution in [0.4, 0.5) is 0 Å². The topological polar surface area (TPSA) is 151 Å². The van der Waals surface area contributed by atoms with Crippen LogP contribution in [0.1, 0.15) is 0 Å². The molecule has 6 radical (unpaired) electrons. The van der Waals surface area contributed by atoms with Crippen molar-refractivity contribution in [2.75, 3.05) is 0 Å². The van der Waals surface area contributed by atoms with E-state index in [2.05, 4.69) is 0 Å². The quantitative estimate of drug-likeness (QED) is 0.409. The van der Waals surface area contributed by atoms with Gasteiger partial charge in [0, 0.05) is 0 Å². The molecule has 0 aromatic heterocycles. The molecule has 6 nitrogen and oxygen atoms in total. The van der Waals surface area contributed by atoms with Gasteiger partial charge in [-0.25, -0.2) is 0 Å². The zero-order valence-corrected chi connectivity index (χ0v) is 8.08. The average molecular weight is 301 g/mol. The molecule has 0 aromatic rings. The number of rotatable bonds is 0. The molecule has 0 heterocycles. The first-order valence-electron chi connectivity index (χ1n) is 0.816. The zero-order valence-electron chi connectivity index (χ0n) is 3.49. The molecule has 0 aliphatic heterocycles. The summed E-state index contributed by atoms with van der Waals surface area (Å²) in [5.41, 5.74) is 0. The van der Waals surface area contributed by atoms with Crippen LogP contribution < -0.4 is 25.3 Å². The summed E-state index contributed by atoms with van der Waals surface area (Å²) in [5.74, 6) is 0. The zero-order chi connectivity index (χ0) is 4.50. The number of hydrogen-bond donors (Lipinski definition) is 0. The van der Waals surface area contributed by atoms with Crippen molar-refractivity contribution >= 4 is 9.05 Å². The molecule has 0 saturated heterocycles. The van der Waals surface area contributed by atoms with Crippen LogP contribution in [-0.2, 0) is 31.3 Å². The van der Waals surface area contributed by atoms with E-state index in [0.717, 1.165) is 0 Å². The Morgan fingerprint density at radius 1 is 0.875 bits per heavy atom. The van der Waals surface area contributed by atoms with E-state index >= 15 is 0 Å². The second-order valence-corrected chi connectivity index (χ2v) is 1.50. The molecular weight excluding hydrogens is 301 g/mol. The largest absolute Gasteiger partial charge is 4.00 e. The van der Waals surface area contributed by atoms with Gasteiger partial charge in [0.1, 0.15) is 0 Å². The second-order valence-electron chi connectivity index (χ2n) is 0.500.